The molecule has 2 aliphatic rings. The molecule has 0 aliphatic carbocycles. The van der Waals surface area contributed by atoms with Gasteiger partial charge in [0.2, 0.25) is 0 Å². The minimum atomic E-state index is 0. The summed E-state index contributed by atoms with van der Waals surface area (Å²) in [6.45, 7) is 9.42. The molecule has 0 atom stereocenters. The number of ether oxygens (including phenoxy) is 2. The standard InChI is InChI=1S/C19H39N5O2.HI/c1-20-19(22-18-6-10-24(11-7-18)13-15-26-3)21-16-17-4-8-23(9-5-17)12-14-25-2;/h17-18H,4-16H2,1-3H3,(H2,20,21,22);1H. The van der Waals surface area contributed by atoms with Crippen molar-refractivity contribution in [3.8, 4) is 0 Å². The Balaban J connectivity index is 0.00000364. The lowest BCUT2D eigenvalue weighted by molar-refractivity contribution is 0.120. The van der Waals surface area contributed by atoms with E-state index in [9.17, 15) is 0 Å². The van der Waals surface area contributed by atoms with Gasteiger partial charge in [-0.15, -0.1) is 24.0 Å². The number of likely N-dealkylation sites (tertiary alicyclic amines) is 2. The summed E-state index contributed by atoms with van der Waals surface area (Å²) in [5.41, 5.74) is 0. The van der Waals surface area contributed by atoms with Crippen molar-refractivity contribution >= 4 is 29.9 Å². The minimum Gasteiger partial charge on any atom is -0.383 e. The number of halogens is 1. The lowest BCUT2D eigenvalue weighted by atomic mass is 9.97. The molecule has 2 N–H and O–H groups in total. The van der Waals surface area contributed by atoms with E-state index in [0.717, 1.165) is 57.8 Å². The third kappa shape index (κ3) is 9.74. The number of aliphatic imine (C=N–C) groups is 1. The summed E-state index contributed by atoms with van der Waals surface area (Å²) in [6.07, 6.45) is 4.85. The highest BCUT2D eigenvalue weighted by Gasteiger charge is 2.21. The number of piperidine rings is 2. The zero-order valence-corrected chi connectivity index (χ0v) is 19.7. The lowest BCUT2D eigenvalue weighted by Gasteiger charge is -2.34. The number of guanidine groups is 1. The summed E-state index contributed by atoms with van der Waals surface area (Å²) >= 11 is 0. The molecule has 0 aromatic rings. The molecule has 2 saturated heterocycles. The molecule has 160 valence electrons. The molecule has 2 heterocycles. The second-order valence-electron chi connectivity index (χ2n) is 7.48. The number of rotatable bonds is 9. The highest BCUT2D eigenvalue weighted by molar-refractivity contribution is 14.0. The van der Waals surface area contributed by atoms with E-state index in [1.54, 1.807) is 14.2 Å². The van der Waals surface area contributed by atoms with Crippen molar-refractivity contribution in [1.29, 1.82) is 0 Å². The molecule has 0 spiro atoms. The SMILES string of the molecule is CN=C(NCC1CCN(CCOC)CC1)NC1CCN(CCOC)CC1.I. The Kier molecular flexibility index (Phi) is 13.6. The first-order valence-corrected chi connectivity index (χ1v) is 10.1. The van der Waals surface area contributed by atoms with E-state index in [4.69, 9.17) is 9.47 Å². The first-order valence-electron chi connectivity index (χ1n) is 10.1. The molecule has 0 saturated carbocycles. The van der Waals surface area contributed by atoms with Gasteiger partial charge in [0.1, 0.15) is 0 Å². The Morgan fingerprint density at radius 3 is 1.93 bits per heavy atom. The van der Waals surface area contributed by atoms with Crippen molar-refractivity contribution in [3.05, 3.63) is 0 Å². The lowest BCUT2D eigenvalue weighted by Crippen LogP contribution is -2.50. The topological polar surface area (TPSA) is 61.4 Å². The van der Waals surface area contributed by atoms with Gasteiger partial charge in [0.15, 0.2) is 5.96 Å². The normalized spacial score (nSPS) is 21.1. The van der Waals surface area contributed by atoms with Crippen LogP contribution in [0.5, 0.6) is 0 Å². The maximum atomic E-state index is 5.18. The van der Waals surface area contributed by atoms with Gasteiger partial charge in [0.05, 0.1) is 13.2 Å². The third-order valence-corrected chi connectivity index (χ3v) is 5.64. The zero-order valence-electron chi connectivity index (χ0n) is 17.4. The smallest absolute Gasteiger partial charge is 0.191 e. The van der Waals surface area contributed by atoms with E-state index < -0.39 is 0 Å². The highest BCUT2D eigenvalue weighted by atomic mass is 127. The van der Waals surface area contributed by atoms with Crippen LogP contribution in [0.2, 0.25) is 0 Å². The van der Waals surface area contributed by atoms with E-state index in [1.807, 2.05) is 7.05 Å². The van der Waals surface area contributed by atoms with Gasteiger partial charge in [-0.1, -0.05) is 0 Å². The van der Waals surface area contributed by atoms with Gasteiger partial charge < -0.3 is 29.9 Å². The van der Waals surface area contributed by atoms with Crippen molar-refractivity contribution in [2.24, 2.45) is 10.9 Å². The third-order valence-electron chi connectivity index (χ3n) is 5.64. The molecule has 0 radical (unpaired) electrons. The van der Waals surface area contributed by atoms with Gasteiger partial charge in [-0.05, 0) is 44.7 Å². The second-order valence-corrected chi connectivity index (χ2v) is 7.48. The van der Waals surface area contributed by atoms with Crippen LogP contribution in [0.3, 0.4) is 0 Å². The van der Waals surface area contributed by atoms with Crippen molar-refractivity contribution in [3.63, 3.8) is 0 Å². The van der Waals surface area contributed by atoms with Crippen LogP contribution >= 0.6 is 24.0 Å². The molecule has 2 aliphatic heterocycles. The fraction of sp³-hybridized carbons (Fsp3) is 0.947. The summed E-state index contributed by atoms with van der Waals surface area (Å²) in [5.74, 6) is 1.70. The summed E-state index contributed by atoms with van der Waals surface area (Å²) < 4.78 is 10.3. The summed E-state index contributed by atoms with van der Waals surface area (Å²) in [4.78, 5) is 9.41. The van der Waals surface area contributed by atoms with E-state index in [0.29, 0.717) is 6.04 Å². The van der Waals surface area contributed by atoms with E-state index in [2.05, 4.69) is 25.4 Å². The van der Waals surface area contributed by atoms with Gasteiger partial charge in [-0.25, -0.2) is 0 Å². The quantitative estimate of drug-likeness (QED) is 0.284. The Labute approximate surface area is 182 Å². The predicted octanol–water partition coefficient (Wildman–Crippen LogP) is 1.24. The van der Waals surface area contributed by atoms with Gasteiger partial charge in [0, 0.05) is 60.0 Å². The number of methoxy groups -OCH3 is 2. The van der Waals surface area contributed by atoms with E-state index in [1.165, 1.54) is 38.8 Å². The molecular weight excluding hydrogens is 457 g/mol. The van der Waals surface area contributed by atoms with Crippen molar-refractivity contribution < 1.29 is 9.47 Å². The monoisotopic (exact) mass is 497 g/mol. The fourth-order valence-corrected chi connectivity index (χ4v) is 3.78. The second kappa shape index (κ2) is 14.8. The van der Waals surface area contributed by atoms with Crippen LogP contribution in [0.15, 0.2) is 4.99 Å². The van der Waals surface area contributed by atoms with Crippen molar-refractivity contribution in [1.82, 2.24) is 20.4 Å². The first-order chi connectivity index (χ1) is 12.7. The van der Waals surface area contributed by atoms with Crippen molar-refractivity contribution in [2.75, 3.05) is 80.3 Å². The number of hydrogen-bond donors (Lipinski definition) is 2. The molecule has 0 bridgehead atoms. The summed E-state index contributed by atoms with van der Waals surface area (Å²) in [6, 6.07) is 0.524. The molecule has 8 heteroatoms. The van der Waals surface area contributed by atoms with Crippen molar-refractivity contribution in [2.45, 2.75) is 31.7 Å². The van der Waals surface area contributed by atoms with Crippen LogP contribution in [-0.2, 0) is 9.47 Å². The number of hydrogen-bond acceptors (Lipinski definition) is 5. The Morgan fingerprint density at radius 2 is 1.44 bits per heavy atom. The van der Waals surface area contributed by atoms with Crippen LogP contribution in [0.25, 0.3) is 0 Å². The zero-order chi connectivity index (χ0) is 18.6. The van der Waals surface area contributed by atoms with Crippen LogP contribution < -0.4 is 10.6 Å². The van der Waals surface area contributed by atoms with Gasteiger partial charge in [-0.2, -0.15) is 0 Å². The average Bonchev–Trinajstić information content (AvgIpc) is 2.69. The van der Waals surface area contributed by atoms with Gasteiger partial charge in [0.25, 0.3) is 0 Å². The van der Waals surface area contributed by atoms with E-state index in [-0.39, 0.29) is 24.0 Å². The van der Waals surface area contributed by atoms with Crippen LogP contribution in [0, 0.1) is 5.92 Å². The molecule has 0 aromatic heterocycles. The van der Waals surface area contributed by atoms with Gasteiger partial charge >= 0.3 is 0 Å². The molecular formula is C19H40IN5O2. The Morgan fingerprint density at radius 1 is 0.926 bits per heavy atom. The number of nitrogens with one attached hydrogen (secondary N) is 2. The molecule has 2 rings (SSSR count). The maximum Gasteiger partial charge on any atom is 0.191 e. The average molecular weight is 497 g/mol. The van der Waals surface area contributed by atoms with Crippen LogP contribution in [-0.4, -0.2) is 102 Å². The molecule has 0 aromatic carbocycles. The Hall–Kier alpha value is -0.160. The Bertz CT molecular complexity index is 398. The first kappa shape index (κ1) is 24.9. The molecule has 27 heavy (non-hydrogen) atoms. The summed E-state index contributed by atoms with van der Waals surface area (Å²) in [5, 5.41) is 7.16. The maximum absolute atomic E-state index is 5.18. The highest BCUT2D eigenvalue weighted by Crippen LogP contribution is 2.16. The van der Waals surface area contributed by atoms with E-state index >= 15 is 0 Å². The van der Waals surface area contributed by atoms with Crippen LogP contribution in [0.1, 0.15) is 25.7 Å². The molecule has 0 unspecified atom stereocenters. The molecule has 7 nitrogen and oxygen atoms in total. The summed E-state index contributed by atoms with van der Waals surface area (Å²) in [7, 11) is 5.42. The molecule has 2 fully saturated rings. The van der Waals surface area contributed by atoms with Gasteiger partial charge in [-0.3, -0.25) is 4.99 Å². The predicted molar refractivity (Wildman–Crippen MR) is 122 cm³/mol. The largest absolute Gasteiger partial charge is 0.383 e. The number of nitrogens with zero attached hydrogens (tertiary/aromatic N) is 3. The molecule has 0 amide bonds. The van der Waals surface area contributed by atoms with Crippen LogP contribution in [0.4, 0.5) is 0 Å². The minimum absolute atomic E-state index is 0. The fourth-order valence-electron chi connectivity index (χ4n) is 3.78.